The third-order valence-electron chi connectivity index (χ3n) is 9.14. The molecule has 0 saturated carbocycles. The molecular weight excluding hydrogens is 568 g/mol. The standard InChI is InChI=1S/C37H66O6Si/c1-8-9-10-11-12-13-14-15-22-31(38)32-24-25-35(42-32)36-27-26-34(43-36)33(40-29-39-5)23-17-16-20-30(37(2,3)4)21-18-19-28-41-44(6)7/h30-36,38,44H,8-16,18,20-22,24-27,29H2,1-7H3. The van der Waals surface area contributed by atoms with Crippen molar-refractivity contribution in [3.8, 4) is 23.9 Å². The van der Waals surface area contributed by atoms with Crippen LogP contribution in [0.4, 0.5) is 0 Å². The number of ether oxygens (including phenoxy) is 4. The summed E-state index contributed by atoms with van der Waals surface area (Å²) in [6, 6.07) is 0. The van der Waals surface area contributed by atoms with Gasteiger partial charge in [0.25, 0.3) is 0 Å². The lowest BCUT2D eigenvalue weighted by atomic mass is 9.75. The molecule has 2 saturated heterocycles. The summed E-state index contributed by atoms with van der Waals surface area (Å²) in [6.07, 6.45) is 20.6. The van der Waals surface area contributed by atoms with Gasteiger partial charge in [0.2, 0.25) is 9.04 Å². The lowest BCUT2D eigenvalue weighted by molar-refractivity contribution is -0.129. The molecule has 2 rings (SSSR count). The molecule has 2 aliphatic heterocycles. The van der Waals surface area contributed by atoms with Crippen molar-refractivity contribution >= 4 is 9.04 Å². The van der Waals surface area contributed by atoms with Gasteiger partial charge in [-0.05, 0) is 69.4 Å². The van der Waals surface area contributed by atoms with Crippen LogP contribution < -0.4 is 0 Å². The van der Waals surface area contributed by atoms with Gasteiger partial charge in [-0.3, -0.25) is 0 Å². The first kappa shape index (κ1) is 39.1. The van der Waals surface area contributed by atoms with Gasteiger partial charge in [0.15, 0.2) is 0 Å². The number of hydrogen-bond acceptors (Lipinski definition) is 6. The van der Waals surface area contributed by atoms with Crippen molar-refractivity contribution in [1.82, 2.24) is 0 Å². The van der Waals surface area contributed by atoms with Crippen molar-refractivity contribution in [2.45, 2.75) is 187 Å². The van der Waals surface area contributed by atoms with Crippen LogP contribution in [0, 0.1) is 35.2 Å². The largest absolute Gasteiger partial charge is 0.505 e. The molecule has 0 aromatic carbocycles. The second kappa shape index (κ2) is 22.5. The van der Waals surface area contributed by atoms with Crippen LogP contribution in [0.2, 0.25) is 13.1 Å². The lowest BCUT2D eigenvalue weighted by Crippen LogP contribution is -2.34. The maximum Gasteiger partial charge on any atom is 0.244 e. The zero-order valence-corrected chi connectivity index (χ0v) is 30.5. The van der Waals surface area contributed by atoms with E-state index in [2.05, 4.69) is 64.7 Å². The Balaban J connectivity index is 1.78. The monoisotopic (exact) mass is 634 g/mol. The Hall–Kier alpha value is -1.06. The van der Waals surface area contributed by atoms with E-state index in [0.717, 1.165) is 64.2 Å². The average Bonchev–Trinajstić information content (AvgIpc) is 3.66. The molecule has 2 heterocycles. The minimum atomic E-state index is -1.09. The van der Waals surface area contributed by atoms with Crippen LogP contribution in [-0.2, 0) is 23.4 Å². The minimum Gasteiger partial charge on any atom is -0.505 e. The van der Waals surface area contributed by atoms with Crippen molar-refractivity contribution in [2.75, 3.05) is 13.9 Å². The van der Waals surface area contributed by atoms with E-state index in [0.29, 0.717) is 5.92 Å². The fourth-order valence-electron chi connectivity index (χ4n) is 6.37. The Labute approximate surface area is 272 Å². The van der Waals surface area contributed by atoms with Crippen molar-refractivity contribution in [3.63, 3.8) is 0 Å². The van der Waals surface area contributed by atoms with Crippen LogP contribution in [0.15, 0.2) is 0 Å². The summed E-state index contributed by atoms with van der Waals surface area (Å²) < 4.78 is 29.6. The first-order valence-corrected chi connectivity index (χ1v) is 20.6. The Kier molecular flexibility index (Phi) is 20.0. The van der Waals surface area contributed by atoms with E-state index >= 15 is 0 Å². The van der Waals surface area contributed by atoms with Gasteiger partial charge in [-0.2, -0.15) is 0 Å². The molecular formula is C37H66O6Si. The molecule has 7 unspecified atom stereocenters. The first-order chi connectivity index (χ1) is 21.2. The van der Waals surface area contributed by atoms with Gasteiger partial charge in [0.1, 0.15) is 12.9 Å². The molecule has 0 bridgehead atoms. The average molecular weight is 635 g/mol. The number of rotatable bonds is 20. The highest BCUT2D eigenvalue weighted by Gasteiger charge is 2.41. The van der Waals surface area contributed by atoms with E-state index in [9.17, 15) is 5.11 Å². The third kappa shape index (κ3) is 16.0. The van der Waals surface area contributed by atoms with Gasteiger partial charge < -0.3 is 28.5 Å². The van der Waals surface area contributed by atoms with Gasteiger partial charge in [-0.1, -0.05) is 90.9 Å². The number of methoxy groups -OCH3 is 1. The van der Waals surface area contributed by atoms with Crippen LogP contribution in [-0.4, -0.2) is 64.7 Å². The fraction of sp³-hybridized carbons (Fsp3) is 0.892. The van der Waals surface area contributed by atoms with Crippen molar-refractivity contribution in [1.29, 1.82) is 0 Å². The van der Waals surface area contributed by atoms with Crippen LogP contribution in [0.1, 0.15) is 137 Å². The van der Waals surface area contributed by atoms with E-state index in [1.807, 2.05) is 0 Å². The smallest absolute Gasteiger partial charge is 0.244 e. The lowest BCUT2D eigenvalue weighted by Gasteiger charge is -2.30. The fourth-order valence-corrected chi connectivity index (χ4v) is 6.69. The highest BCUT2D eigenvalue weighted by atomic mass is 28.3. The van der Waals surface area contributed by atoms with E-state index < -0.39 is 9.04 Å². The number of aliphatic hydroxyl groups is 1. The molecule has 0 radical (unpaired) electrons. The van der Waals surface area contributed by atoms with Crippen molar-refractivity contribution in [3.05, 3.63) is 0 Å². The Morgan fingerprint density at radius 1 is 0.818 bits per heavy atom. The van der Waals surface area contributed by atoms with Crippen molar-refractivity contribution in [2.24, 2.45) is 11.3 Å². The third-order valence-corrected chi connectivity index (χ3v) is 9.73. The van der Waals surface area contributed by atoms with E-state index in [1.165, 1.54) is 44.9 Å². The van der Waals surface area contributed by atoms with Crippen LogP contribution in [0.5, 0.6) is 0 Å². The molecule has 0 aromatic rings. The molecule has 0 spiro atoms. The summed E-state index contributed by atoms with van der Waals surface area (Å²) in [5.74, 6) is 10.5. The zero-order chi connectivity index (χ0) is 32.2. The first-order valence-electron chi connectivity index (χ1n) is 17.9. The summed E-state index contributed by atoms with van der Waals surface area (Å²) in [6.45, 7) is 13.6. The minimum absolute atomic E-state index is 0.0319. The Morgan fingerprint density at radius 2 is 1.41 bits per heavy atom. The second-order valence-corrected chi connectivity index (χ2v) is 16.6. The second-order valence-electron chi connectivity index (χ2n) is 14.3. The van der Waals surface area contributed by atoms with Gasteiger partial charge in [0.05, 0.1) is 36.6 Å². The van der Waals surface area contributed by atoms with Crippen LogP contribution in [0.3, 0.4) is 0 Å². The Morgan fingerprint density at radius 3 is 2.02 bits per heavy atom. The molecule has 1 N–H and O–H groups in total. The summed E-state index contributed by atoms with van der Waals surface area (Å²) in [5, 5.41) is 10.8. The van der Waals surface area contributed by atoms with Gasteiger partial charge in [-0.25, -0.2) is 0 Å². The predicted octanol–water partition coefficient (Wildman–Crippen LogP) is 8.15. The molecule has 2 aliphatic rings. The molecule has 7 atom stereocenters. The maximum atomic E-state index is 10.8. The van der Waals surface area contributed by atoms with E-state index in [-0.39, 0.29) is 48.8 Å². The molecule has 254 valence electrons. The molecule has 0 amide bonds. The van der Waals surface area contributed by atoms with Gasteiger partial charge >= 0.3 is 0 Å². The predicted molar refractivity (Wildman–Crippen MR) is 183 cm³/mol. The quantitative estimate of drug-likeness (QED) is 0.0631. The number of hydrogen-bond donors (Lipinski definition) is 1. The maximum absolute atomic E-state index is 10.8. The molecule has 0 aromatic heterocycles. The zero-order valence-electron chi connectivity index (χ0n) is 29.3. The summed E-state index contributed by atoms with van der Waals surface area (Å²) in [7, 11) is 0.548. The number of aliphatic hydroxyl groups excluding tert-OH is 1. The van der Waals surface area contributed by atoms with Crippen molar-refractivity contribution < 1.29 is 28.5 Å². The summed E-state index contributed by atoms with van der Waals surface area (Å²) in [5.41, 5.74) is 0.200. The van der Waals surface area contributed by atoms with Crippen LogP contribution >= 0.6 is 0 Å². The Bertz CT molecular complexity index is 865. The molecule has 44 heavy (non-hydrogen) atoms. The van der Waals surface area contributed by atoms with E-state index in [1.54, 1.807) is 7.11 Å². The van der Waals surface area contributed by atoms with Gasteiger partial charge in [0, 0.05) is 20.0 Å². The molecule has 6 nitrogen and oxygen atoms in total. The van der Waals surface area contributed by atoms with Gasteiger partial charge in [-0.15, -0.1) is 5.92 Å². The molecule has 7 heteroatoms. The van der Waals surface area contributed by atoms with Crippen LogP contribution in [0.25, 0.3) is 0 Å². The number of unbranched alkanes of at least 4 members (excludes halogenated alkanes) is 7. The summed E-state index contributed by atoms with van der Waals surface area (Å²) >= 11 is 0. The topological polar surface area (TPSA) is 66.4 Å². The highest BCUT2D eigenvalue weighted by Crippen LogP contribution is 2.35. The SMILES string of the molecule is CCCCCCCCCCC(O)C1CCC(C2CCC(C(C#CCCC(CCC#CO[SiH](C)C)C(C)(C)C)OCOC)O2)O1. The molecule has 2 fully saturated rings. The summed E-state index contributed by atoms with van der Waals surface area (Å²) in [4.78, 5) is 0. The molecule has 0 aliphatic carbocycles. The van der Waals surface area contributed by atoms with E-state index in [4.69, 9.17) is 23.4 Å². The highest BCUT2D eigenvalue weighted by molar-refractivity contribution is 6.48. The normalized spacial score (nSPS) is 23.9.